The molecule has 5 nitrogen and oxygen atoms in total. The van der Waals surface area contributed by atoms with Crippen molar-refractivity contribution in [2.75, 3.05) is 14.2 Å². The molecule has 0 aliphatic heterocycles. The molecule has 0 radical (unpaired) electrons. The second kappa shape index (κ2) is 6.77. The van der Waals surface area contributed by atoms with Gasteiger partial charge >= 0.3 is 11.9 Å². The molecule has 1 aromatic rings. The second-order valence-corrected chi connectivity index (χ2v) is 5.70. The van der Waals surface area contributed by atoms with E-state index in [1.54, 1.807) is 0 Å². The molecular weight excluding hydrogens is 362 g/mol. The summed E-state index contributed by atoms with van der Waals surface area (Å²) in [4.78, 5) is 24.1. The van der Waals surface area contributed by atoms with E-state index in [1.165, 1.54) is 14.2 Å². The summed E-state index contributed by atoms with van der Waals surface area (Å²) in [6, 6.07) is 5.78. The molecule has 1 atom stereocenters. The van der Waals surface area contributed by atoms with Crippen LogP contribution in [-0.4, -0.2) is 31.7 Å². The maximum absolute atomic E-state index is 12.1. The third-order valence-corrected chi connectivity index (χ3v) is 4.27. The van der Waals surface area contributed by atoms with E-state index >= 15 is 0 Å². The molecule has 0 unspecified atom stereocenters. The van der Waals surface area contributed by atoms with Gasteiger partial charge in [0, 0.05) is 10.4 Å². The summed E-state index contributed by atoms with van der Waals surface area (Å²) < 4.78 is 10.3. The highest BCUT2D eigenvalue weighted by atomic mass is 79.9. The fourth-order valence-electron chi connectivity index (χ4n) is 2.75. The molecule has 0 saturated heterocycles. The van der Waals surface area contributed by atoms with Crippen LogP contribution in [0, 0.1) is 0 Å². The molecule has 116 valence electrons. The molecule has 1 aromatic carbocycles. The minimum Gasteiger partial charge on any atom is -0.467 e. The first kappa shape index (κ1) is 17.9. The van der Waals surface area contributed by atoms with Crippen LogP contribution >= 0.6 is 28.3 Å². The van der Waals surface area contributed by atoms with Crippen LogP contribution < -0.4 is 5.73 Å². The van der Waals surface area contributed by atoms with Crippen LogP contribution in [0.2, 0.25) is 0 Å². The third-order valence-electron chi connectivity index (χ3n) is 3.78. The fraction of sp³-hybridized carbons (Fsp3) is 0.429. The monoisotopic (exact) mass is 377 g/mol. The highest BCUT2D eigenvalue weighted by molar-refractivity contribution is 9.10. The van der Waals surface area contributed by atoms with Crippen molar-refractivity contribution in [1.82, 2.24) is 0 Å². The Bertz CT molecular complexity index is 548. The number of carbonyl (C=O) groups is 2. The van der Waals surface area contributed by atoms with E-state index in [1.807, 2.05) is 18.2 Å². The Hall–Kier alpha value is -1.11. The number of ether oxygens (including phenoxy) is 2. The number of hydrogen-bond acceptors (Lipinski definition) is 5. The lowest BCUT2D eigenvalue weighted by Gasteiger charge is -2.30. The Balaban J connectivity index is 0.00000220. The molecule has 0 spiro atoms. The van der Waals surface area contributed by atoms with E-state index in [-0.39, 0.29) is 12.4 Å². The maximum Gasteiger partial charge on any atom is 0.338 e. The van der Waals surface area contributed by atoms with Gasteiger partial charge in [-0.25, -0.2) is 9.59 Å². The molecular formula is C14H17BrClNO4. The molecule has 0 amide bonds. The normalized spacial score (nSPS) is 16.7. The first-order chi connectivity index (χ1) is 9.44. The smallest absolute Gasteiger partial charge is 0.338 e. The minimum atomic E-state index is -1.81. The molecule has 1 aliphatic carbocycles. The zero-order valence-corrected chi connectivity index (χ0v) is 14.1. The van der Waals surface area contributed by atoms with Crippen molar-refractivity contribution in [2.45, 2.75) is 24.3 Å². The number of nitrogens with two attached hydrogens (primary N) is 1. The van der Waals surface area contributed by atoms with E-state index in [4.69, 9.17) is 15.2 Å². The highest BCUT2D eigenvalue weighted by Gasteiger charge is 2.53. The Morgan fingerprint density at radius 1 is 1.29 bits per heavy atom. The summed E-state index contributed by atoms with van der Waals surface area (Å²) in [5.74, 6) is -2.00. The number of aryl methyl sites for hydroxylation is 1. The Labute approximate surface area is 137 Å². The molecule has 0 fully saturated rings. The van der Waals surface area contributed by atoms with Gasteiger partial charge in [-0.2, -0.15) is 0 Å². The number of halogens is 2. The number of fused-ring (bicyclic) bond motifs is 1. The number of rotatable bonds is 3. The molecule has 0 saturated carbocycles. The van der Waals surface area contributed by atoms with Crippen LogP contribution in [0.4, 0.5) is 0 Å². The topological polar surface area (TPSA) is 78.6 Å². The highest BCUT2D eigenvalue weighted by Crippen LogP contribution is 2.41. The van der Waals surface area contributed by atoms with Gasteiger partial charge in [-0.05, 0) is 36.1 Å². The average molecular weight is 379 g/mol. The van der Waals surface area contributed by atoms with E-state index in [0.29, 0.717) is 6.42 Å². The van der Waals surface area contributed by atoms with Gasteiger partial charge in [0.25, 0.3) is 0 Å². The molecule has 7 heteroatoms. The summed E-state index contributed by atoms with van der Waals surface area (Å²) in [6.45, 7) is 0. The van der Waals surface area contributed by atoms with Crippen molar-refractivity contribution in [3.05, 3.63) is 33.8 Å². The SMILES string of the molecule is COC(=O)C(N)(C(=O)OC)[C@@H]1CCc2ccc(Br)cc21.Cl. The zero-order chi connectivity index (χ0) is 14.9. The third kappa shape index (κ3) is 2.93. The lowest BCUT2D eigenvalue weighted by atomic mass is 9.80. The summed E-state index contributed by atoms with van der Waals surface area (Å²) >= 11 is 3.39. The number of esters is 2. The summed E-state index contributed by atoms with van der Waals surface area (Å²) in [6.07, 6.45) is 1.37. The lowest BCUT2D eigenvalue weighted by Crippen LogP contribution is -2.59. The molecule has 21 heavy (non-hydrogen) atoms. The lowest BCUT2D eigenvalue weighted by molar-refractivity contribution is -0.162. The molecule has 2 N–H and O–H groups in total. The number of hydrogen-bond donors (Lipinski definition) is 1. The van der Waals surface area contributed by atoms with E-state index < -0.39 is 23.4 Å². The summed E-state index contributed by atoms with van der Waals surface area (Å²) in [7, 11) is 2.42. The minimum absolute atomic E-state index is 0. The van der Waals surface area contributed by atoms with Gasteiger partial charge in [0.1, 0.15) is 0 Å². The van der Waals surface area contributed by atoms with Gasteiger partial charge in [-0.1, -0.05) is 22.0 Å². The molecule has 2 rings (SSSR count). The van der Waals surface area contributed by atoms with Crippen molar-refractivity contribution in [1.29, 1.82) is 0 Å². The summed E-state index contributed by atoms with van der Waals surface area (Å²) in [5.41, 5.74) is 6.27. The standard InChI is InChI=1S/C14H16BrNO4.ClH/c1-19-12(17)14(16,13(18)20-2)11-6-4-8-3-5-9(15)7-10(8)11;/h3,5,7,11H,4,6,16H2,1-2H3;1H/t11-;/m1./s1. The largest absolute Gasteiger partial charge is 0.467 e. The van der Waals surface area contributed by atoms with Gasteiger partial charge in [0.2, 0.25) is 5.54 Å². The van der Waals surface area contributed by atoms with Crippen molar-refractivity contribution in [3.8, 4) is 0 Å². The van der Waals surface area contributed by atoms with Crippen LogP contribution in [0.25, 0.3) is 0 Å². The Kier molecular flexibility index (Phi) is 5.78. The quantitative estimate of drug-likeness (QED) is 0.642. The maximum atomic E-state index is 12.1. The van der Waals surface area contributed by atoms with Crippen LogP contribution in [-0.2, 0) is 25.5 Å². The van der Waals surface area contributed by atoms with Gasteiger partial charge in [-0.15, -0.1) is 12.4 Å². The Morgan fingerprint density at radius 3 is 2.38 bits per heavy atom. The first-order valence-electron chi connectivity index (χ1n) is 6.19. The zero-order valence-electron chi connectivity index (χ0n) is 11.7. The number of carbonyl (C=O) groups excluding carboxylic acids is 2. The van der Waals surface area contributed by atoms with Gasteiger partial charge in [-0.3, -0.25) is 0 Å². The fourth-order valence-corrected chi connectivity index (χ4v) is 3.13. The van der Waals surface area contributed by atoms with Crippen LogP contribution in [0.3, 0.4) is 0 Å². The van der Waals surface area contributed by atoms with Crippen LogP contribution in [0.15, 0.2) is 22.7 Å². The van der Waals surface area contributed by atoms with Crippen LogP contribution in [0.1, 0.15) is 23.5 Å². The molecule has 0 bridgehead atoms. The van der Waals surface area contributed by atoms with Crippen molar-refractivity contribution in [3.63, 3.8) is 0 Å². The Morgan fingerprint density at radius 2 is 1.86 bits per heavy atom. The second-order valence-electron chi connectivity index (χ2n) is 4.79. The first-order valence-corrected chi connectivity index (χ1v) is 6.98. The van der Waals surface area contributed by atoms with Crippen LogP contribution in [0.5, 0.6) is 0 Å². The van der Waals surface area contributed by atoms with Crippen molar-refractivity contribution >= 4 is 40.3 Å². The predicted octanol–water partition coefficient (Wildman–Crippen LogP) is 1.94. The molecule has 0 aromatic heterocycles. The van der Waals surface area contributed by atoms with Crippen molar-refractivity contribution in [2.24, 2.45) is 5.73 Å². The number of benzene rings is 1. The van der Waals surface area contributed by atoms with E-state index in [2.05, 4.69) is 15.9 Å². The average Bonchev–Trinajstić information content (AvgIpc) is 2.87. The predicted molar refractivity (Wildman–Crippen MR) is 83.4 cm³/mol. The van der Waals surface area contributed by atoms with E-state index in [0.717, 1.165) is 22.0 Å². The van der Waals surface area contributed by atoms with Crippen molar-refractivity contribution < 1.29 is 19.1 Å². The molecule has 1 aliphatic rings. The van der Waals surface area contributed by atoms with E-state index in [9.17, 15) is 9.59 Å². The molecule has 0 heterocycles. The number of methoxy groups -OCH3 is 2. The van der Waals surface area contributed by atoms with Gasteiger partial charge in [0.15, 0.2) is 0 Å². The van der Waals surface area contributed by atoms with Gasteiger partial charge in [0.05, 0.1) is 14.2 Å². The van der Waals surface area contributed by atoms with Gasteiger partial charge < -0.3 is 15.2 Å². The summed E-state index contributed by atoms with van der Waals surface area (Å²) in [5, 5.41) is 0.